The summed E-state index contributed by atoms with van der Waals surface area (Å²) in [6.07, 6.45) is 4.07. The van der Waals surface area contributed by atoms with Crippen molar-refractivity contribution in [2.75, 3.05) is 23.7 Å². The number of fused-ring (bicyclic) bond motifs is 1. The summed E-state index contributed by atoms with van der Waals surface area (Å²) in [4.78, 5) is 22.8. The van der Waals surface area contributed by atoms with Crippen LogP contribution < -0.4 is 15.4 Å². The van der Waals surface area contributed by atoms with E-state index in [0.717, 1.165) is 48.3 Å². The van der Waals surface area contributed by atoms with Gasteiger partial charge in [-0.1, -0.05) is 11.6 Å². The van der Waals surface area contributed by atoms with Gasteiger partial charge in [0.1, 0.15) is 11.9 Å². The molecule has 1 aromatic heterocycles. The number of hydrogen-bond acceptors (Lipinski definition) is 6. The predicted molar refractivity (Wildman–Crippen MR) is 129 cm³/mol. The Labute approximate surface area is 193 Å². The number of carbonyl (C=O) groups is 1. The average molecular weight is 454 g/mol. The van der Waals surface area contributed by atoms with Crippen LogP contribution in [0.3, 0.4) is 0 Å². The van der Waals surface area contributed by atoms with Crippen molar-refractivity contribution in [1.29, 1.82) is 0 Å². The number of ether oxygens (including phenoxy) is 1. The zero-order valence-electron chi connectivity index (χ0n) is 18.6. The SMILES string of the molecule is CC(=O)Nc1ccc(Nc2ncc3ccc(OC4CCN(C(C)C)CC4)cc3n2)cc1Cl. The van der Waals surface area contributed by atoms with Gasteiger partial charge in [-0.05, 0) is 57.0 Å². The van der Waals surface area contributed by atoms with Crippen molar-refractivity contribution in [2.45, 2.75) is 45.8 Å². The molecule has 1 saturated heterocycles. The van der Waals surface area contributed by atoms with Gasteiger partial charge in [0.15, 0.2) is 0 Å². The number of aromatic nitrogens is 2. The number of piperidine rings is 1. The van der Waals surface area contributed by atoms with Gasteiger partial charge in [0.05, 0.1) is 16.2 Å². The van der Waals surface area contributed by atoms with Crippen LogP contribution in [-0.2, 0) is 4.79 Å². The van der Waals surface area contributed by atoms with Crippen molar-refractivity contribution >= 4 is 45.7 Å². The molecule has 0 aliphatic carbocycles. The predicted octanol–water partition coefficient (Wildman–Crippen LogP) is 5.24. The van der Waals surface area contributed by atoms with Crippen molar-refractivity contribution in [3.63, 3.8) is 0 Å². The second kappa shape index (κ2) is 9.71. The van der Waals surface area contributed by atoms with Crippen LogP contribution in [0.15, 0.2) is 42.6 Å². The number of halogens is 1. The Morgan fingerprint density at radius 2 is 1.97 bits per heavy atom. The lowest BCUT2D eigenvalue weighted by Gasteiger charge is -2.34. The first-order chi connectivity index (χ1) is 15.4. The fourth-order valence-electron chi connectivity index (χ4n) is 3.85. The molecule has 0 atom stereocenters. The van der Waals surface area contributed by atoms with Gasteiger partial charge in [-0.2, -0.15) is 0 Å². The molecule has 1 aliphatic heterocycles. The van der Waals surface area contributed by atoms with Crippen LogP contribution in [-0.4, -0.2) is 46.0 Å². The Bertz CT molecular complexity index is 1110. The molecule has 4 rings (SSSR count). The number of likely N-dealkylation sites (tertiary alicyclic amines) is 1. The van der Waals surface area contributed by atoms with Crippen LogP contribution in [0.2, 0.25) is 5.02 Å². The van der Waals surface area contributed by atoms with Gasteiger partial charge >= 0.3 is 0 Å². The number of nitrogens with zero attached hydrogens (tertiary/aromatic N) is 3. The highest BCUT2D eigenvalue weighted by molar-refractivity contribution is 6.34. The molecule has 2 heterocycles. The summed E-state index contributed by atoms with van der Waals surface area (Å²) in [7, 11) is 0. The monoisotopic (exact) mass is 453 g/mol. The first-order valence-electron chi connectivity index (χ1n) is 10.9. The molecule has 1 aliphatic rings. The number of anilines is 3. The van der Waals surface area contributed by atoms with E-state index in [4.69, 9.17) is 16.3 Å². The van der Waals surface area contributed by atoms with Crippen molar-refractivity contribution in [2.24, 2.45) is 0 Å². The first-order valence-corrected chi connectivity index (χ1v) is 11.3. The van der Waals surface area contributed by atoms with Gasteiger partial charge in [0, 0.05) is 49.4 Å². The molecule has 2 N–H and O–H groups in total. The van der Waals surface area contributed by atoms with Crippen molar-refractivity contribution < 1.29 is 9.53 Å². The zero-order valence-corrected chi connectivity index (χ0v) is 19.3. The minimum Gasteiger partial charge on any atom is -0.490 e. The molecule has 7 nitrogen and oxygen atoms in total. The highest BCUT2D eigenvalue weighted by Crippen LogP contribution is 2.28. The fraction of sp³-hybridized carbons (Fsp3) is 0.375. The highest BCUT2D eigenvalue weighted by atomic mass is 35.5. The molecule has 3 aromatic rings. The molecule has 2 aromatic carbocycles. The lowest BCUT2D eigenvalue weighted by molar-refractivity contribution is -0.114. The lowest BCUT2D eigenvalue weighted by Crippen LogP contribution is -2.41. The smallest absolute Gasteiger partial charge is 0.227 e. The van der Waals surface area contributed by atoms with Crippen LogP contribution >= 0.6 is 11.6 Å². The number of carbonyl (C=O) groups excluding carboxylic acids is 1. The van der Waals surface area contributed by atoms with E-state index in [-0.39, 0.29) is 12.0 Å². The molecule has 32 heavy (non-hydrogen) atoms. The van der Waals surface area contributed by atoms with Crippen molar-refractivity contribution in [3.8, 4) is 5.75 Å². The summed E-state index contributed by atoms with van der Waals surface area (Å²) in [5.41, 5.74) is 2.10. The quantitative estimate of drug-likeness (QED) is 0.531. The third-order valence-corrected chi connectivity index (χ3v) is 5.91. The summed E-state index contributed by atoms with van der Waals surface area (Å²) in [6.45, 7) is 8.05. The van der Waals surface area contributed by atoms with E-state index in [1.165, 1.54) is 6.92 Å². The summed E-state index contributed by atoms with van der Waals surface area (Å²) in [6, 6.07) is 11.8. The number of amides is 1. The molecule has 1 fully saturated rings. The number of hydrogen-bond donors (Lipinski definition) is 2. The molecule has 0 radical (unpaired) electrons. The number of rotatable bonds is 6. The van der Waals surface area contributed by atoms with Crippen molar-refractivity contribution in [3.05, 3.63) is 47.6 Å². The topological polar surface area (TPSA) is 79.4 Å². The molecule has 8 heteroatoms. The van der Waals surface area contributed by atoms with Crippen molar-refractivity contribution in [1.82, 2.24) is 14.9 Å². The van der Waals surface area contributed by atoms with Gasteiger partial charge < -0.3 is 20.3 Å². The molecular weight excluding hydrogens is 426 g/mol. The van der Waals surface area contributed by atoms with Crippen LogP contribution in [0.1, 0.15) is 33.6 Å². The summed E-state index contributed by atoms with van der Waals surface area (Å²) in [5, 5.41) is 7.23. The molecule has 0 spiro atoms. The van der Waals surface area contributed by atoms with Gasteiger partial charge in [0.2, 0.25) is 11.9 Å². The zero-order chi connectivity index (χ0) is 22.7. The number of nitrogens with one attached hydrogen (secondary N) is 2. The van der Waals surface area contributed by atoms with Gasteiger partial charge in [-0.25, -0.2) is 9.97 Å². The van der Waals surface area contributed by atoms with Gasteiger partial charge in [-0.3, -0.25) is 4.79 Å². The van der Waals surface area contributed by atoms with Crippen LogP contribution in [0, 0.1) is 0 Å². The molecule has 0 bridgehead atoms. The van der Waals surface area contributed by atoms with E-state index in [9.17, 15) is 4.79 Å². The number of benzene rings is 2. The maximum Gasteiger partial charge on any atom is 0.227 e. The third kappa shape index (κ3) is 5.47. The van der Waals surface area contributed by atoms with E-state index >= 15 is 0 Å². The minimum absolute atomic E-state index is 0.172. The Balaban J connectivity index is 1.45. The first kappa shape index (κ1) is 22.3. The highest BCUT2D eigenvalue weighted by Gasteiger charge is 2.22. The maximum absolute atomic E-state index is 11.2. The fourth-order valence-corrected chi connectivity index (χ4v) is 4.08. The van der Waals surface area contributed by atoms with E-state index in [1.807, 2.05) is 24.3 Å². The van der Waals surface area contributed by atoms with Crippen LogP contribution in [0.5, 0.6) is 5.75 Å². The molecule has 0 saturated carbocycles. The van der Waals surface area contributed by atoms with E-state index < -0.39 is 0 Å². The van der Waals surface area contributed by atoms with E-state index in [0.29, 0.717) is 22.7 Å². The standard InChI is InChI=1S/C24H28ClN5O2/c1-15(2)30-10-8-19(9-11-30)32-20-6-4-17-14-26-24(29-23(17)13-20)28-18-5-7-22(21(25)12-18)27-16(3)31/h4-7,12-15,19H,8-11H2,1-3H3,(H,27,31)(H,26,28,29). The molecule has 1 amide bonds. The summed E-state index contributed by atoms with van der Waals surface area (Å²) in [5.74, 6) is 1.12. The summed E-state index contributed by atoms with van der Waals surface area (Å²) < 4.78 is 6.25. The van der Waals surface area contributed by atoms with E-state index in [1.54, 1.807) is 18.3 Å². The maximum atomic E-state index is 11.2. The molecule has 168 valence electrons. The third-order valence-electron chi connectivity index (χ3n) is 5.60. The molecular formula is C24H28ClN5O2. The van der Waals surface area contributed by atoms with Gasteiger partial charge in [0.25, 0.3) is 0 Å². The average Bonchev–Trinajstić information content (AvgIpc) is 2.75. The molecule has 0 unspecified atom stereocenters. The Morgan fingerprint density at radius 1 is 1.19 bits per heavy atom. The normalized spacial score (nSPS) is 15.2. The van der Waals surface area contributed by atoms with Crippen LogP contribution in [0.25, 0.3) is 10.9 Å². The largest absolute Gasteiger partial charge is 0.490 e. The Hall–Kier alpha value is -2.90. The van der Waals surface area contributed by atoms with Gasteiger partial charge in [-0.15, -0.1) is 0 Å². The Morgan fingerprint density at radius 3 is 2.66 bits per heavy atom. The lowest BCUT2D eigenvalue weighted by atomic mass is 10.1. The Kier molecular flexibility index (Phi) is 6.77. The summed E-state index contributed by atoms with van der Waals surface area (Å²) >= 11 is 6.26. The second-order valence-electron chi connectivity index (χ2n) is 8.36. The van der Waals surface area contributed by atoms with Crippen LogP contribution in [0.4, 0.5) is 17.3 Å². The second-order valence-corrected chi connectivity index (χ2v) is 8.77. The minimum atomic E-state index is -0.172. The van der Waals surface area contributed by atoms with E-state index in [2.05, 4.69) is 39.3 Å².